The molecule has 4 nitrogen and oxygen atoms in total. The summed E-state index contributed by atoms with van der Waals surface area (Å²) in [4.78, 5) is 25.0. The summed E-state index contributed by atoms with van der Waals surface area (Å²) < 4.78 is 0. The van der Waals surface area contributed by atoms with E-state index >= 15 is 0 Å². The SMILES string of the molecule is CC(C)c1ccc(Cc2ccc(C(=O)O)c(=O)[nH]2)cc1. The highest BCUT2D eigenvalue weighted by molar-refractivity contribution is 5.86. The topological polar surface area (TPSA) is 70.2 Å². The number of carbonyl (C=O) groups is 1. The van der Waals surface area contributed by atoms with Gasteiger partial charge in [-0.15, -0.1) is 0 Å². The smallest absolute Gasteiger partial charge is 0.341 e. The third kappa shape index (κ3) is 3.15. The first-order valence-electron chi connectivity index (χ1n) is 6.51. The molecule has 0 aliphatic rings. The molecule has 0 unspecified atom stereocenters. The van der Waals surface area contributed by atoms with Gasteiger partial charge < -0.3 is 10.1 Å². The second kappa shape index (κ2) is 5.74. The van der Waals surface area contributed by atoms with Crippen LogP contribution in [0.3, 0.4) is 0 Å². The monoisotopic (exact) mass is 271 g/mol. The minimum absolute atomic E-state index is 0.232. The minimum atomic E-state index is -1.21. The van der Waals surface area contributed by atoms with E-state index in [1.165, 1.54) is 11.6 Å². The van der Waals surface area contributed by atoms with Gasteiger partial charge in [0.15, 0.2) is 0 Å². The second-order valence-corrected chi connectivity index (χ2v) is 5.10. The zero-order valence-electron chi connectivity index (χ0n) is 11.5. The maximum atomic E-state index is 11.6. The van der Waals surface area contributed by atoms with Crippen molar-refractivity contribution < 1.29 is 9.90 Å². The molecule has 1 aromatic carbocycles. The predicted octanol–water partition coefficient (Wildman–Crippen LogP) is 2.79. The lowest BCUT2D eigenvalue weighted by Gasteiger charge is -2.07. The van der Waals surface area contributed by atoms with Gasteiger partial charge in [-0.3, -0.25) is 4.79 Å². The molecule has 2 aromatic rings. The fraction of sp³-hybridized carbons (Fsp3) is 0.250. The summed E-state index contributed by atoms with van der Waals surface area (Å²) >= 11 is 0. The Labute approximate surface area is 117 Å². The van der Waals surface area contributed by atoms with Gasteiger partial charge in [-0.1, -0.05) is 38.1 Å². The van der Waals surface area contributed by atoms with Crippen LogP contribution in [0.15, 0.2) is 41.2 Å². The first kappa shape index (κ1) is 14.1. The molecule has 0 spiro atoms. The fourth-order valence-electron chi connectivity index (χ4n) is 2.03. The van der Waals surface area contributed by atoms with Crippen LogP contribution in [0.2, 0.25) is 0 Å². The van der Waals surface area contributed by atoms with Crippen molar-refractivity contribution in [3.05, 3.63) is 69.1 Å². The Kier molecular flexibility index (Phi) is 4.03. The van der Waals surface area contributed by atoms with Gasteiger partial charge in [0.25, 0.3) is 5.56 Å². The van der Waals surface area contributed by atoms with E-state index in [1.54, 1.807) is 6.07 Å². The van der Waals surface area contributed by atoms with E-state index in [9.17, 15) is 9.59 Å². The molecule has 20 heavy (non-hydrogen) atoms. The average Bonchev–Trinajstić information content (AvgIpc) is 2.39. The van der Waals surface area contributed by atoms with Crippen LogP contribution in [0, 0.1) is 0 Å². The summed E-state index contributed by atoms with van der Waals surface area (Å²) in [6.07, 6.45) is 0.577. The van der Waals surface area contributed by atoms with Gasteiger partial charge in [-0.05, 0) is 29.2 Å². The maximum absolute atomic E-state index is 11.6. The lowest BCUT2D eigenvalue weighted by atomic mass is 10.00. The molecule has 0 aliphatic carbocycles. The van der Waals surface area contributed by atoms with Gasteiger partial charge in [-0.25, -0.2) is 4.79 Å². The van der Waals surface area contributed by atoms with E-state index in [-0.39, 0.29) is 5.56 Å². The number of pyridine rings is 1. The quantitative estimate of drug-likeness (QED) is 0.898. The molecular formula is C16H17NO3. The molecule has 0 radical (unpaired) electrons. The van der Waals surface area contributed by atoms with Crippen LogP contribution in [0.25, 0.3) is 0 Å². The van der Waals surface area contributed by atoms with E-state index in [0.29, 0.717) is 18.0 Å². The number of benzene rings is 1. The molecule has 1 aromatic heterocycles. The normalized spacial score (nSPS) is 10.8. The van der Waals surface area contributed by atoms with Gasteiger partial charge in [-0.2, -0.15) is 0 Å². The van der Waals surface area contributed by atoms with Crippen LogP contribution in [0.4, 0.5) is 0 Å². The zero-order chi connectivity index (χ0) is 14.7. The number of hydrogen-bond donors (Lipinski definition) is 2. The van der Waals surface area contributed by atoms with Crippen LogP contribution in [0.1, 0.15) is 46.9 Å². The van der Waals surface area contributed by atoms with E-state index in [4.69, 9.17) is 5.11 Å². The van der Waals surface area contributed by atoms with E-state index in [0.717, 1.165) is 5.56 Å². The molecule has 2 N–H and O–H groups in total. The molecular weight excluding hydrogens is 254 g/mol. The molecule has 0 aliphatic heterocycles. The summed E-state index contributed by atoms with van der Waals surface area (Å²) in [6.45, 7) is 4.27. The molecule has 104 valence electrons. The number of carboxylic acid groups (broad SMARTS) is 1. The van der Waals surface area contributed by atoms with Crippen molar-refractivity contribution in [1.82, 2.24) is 4.98 Å². The Morgan fingerprint density at radius 3 is 2.30 bits per heavy atom. The van der Waals surface area contributed by atoms with Crippen LogP contribution >= 0.6 is 0 Å². The average molecular weight is 271 g/mol. The Morgan fingerprint density at radius 1 is 1.15 bits per heavy atom. The van der Waals surface area contributed by atoms with Crippen LogP contribution in [-0.4, -0.2) is 16.1 Å². The first-order chi connectivity index (χ1) is 9.47. The third-order valence-corrected chi connectivity index (χ3v) is 3.24. The molecule has 1 heterocycles. The Hall–Kier alpha value is -2.36. The minimum Gasteiger partial charge on any atom is -0.477 e. The Bertz CT molecular complexity index is 669. The molecule has 0 fully saturated rings. The van der Waals surface area contributed by atoms with Crippen LogP contribution < -0.4 is 5.56 Å². The van der Waals surface area contributed by atoms with Gasteiger partial charge in [0, 0.05) is 12.1 Å². The Morgan fingerprint density at radius 2 is 1.80 bits per heavy atom. The largest absolute Gasteiger partial charge is 0.477 e. The lowest BCUT2D eigenvalue weighted by molar-refractivity contribution is 0.0695. The van der Waals surface area contributed by atoms with Crippen molar-refractivity contribution in [2.45, 2.75) is 26.2 Å². The standard InChI is InChI=1S/C16H17NO3/c1-10(2)12-5-3-11(4-6-12)9-13-7-8-14(16(19)20)15(18)17-13/h3-8,10H,9H2,1-2H3,(H,17,18)(H,19,20). The predicted molar refractivity (Wildman–Crippen MR) is 77.4 cm³/mol. The molecule has 0 saturated carbocycles. The fourth-order valence-corrected chi connectivity index (χ4v) is 2.03. The number of carboxylic acids is 1. The summed E-state index contributed by atoms with van der Waals surface area (Å²) in [7, 11) is 0. The molecule has 0 bridgehead atoms. The number of rotatable bonds is 4. The highest BCUT2D eigenvalue weighted by Crippen LogP contribution is 2.16. The van der Waals surface area contributed by atoms with Crippen molar-refractivity contribution in [3.8, 4) is 0 Å². The Balaban J connectivity index is 2.20. The van der Waals surface area contributed by atoms with Gasteiger partial charge >= 0.3 is 5.97 Å². The highest BCUT2D eigenvalue weighted by Gasteiger charge is 2.08. The van der Waals surface area contributed by atoms with Crippen molar-refractivity contribution in [1.29, 1.82) is 0 Å². The number of hydrogen-bond acceptors (Lipinski definition) is 2. The number of H-pyrrole nitrogens is 1. The van der Waals surface area contributed by atoms with E-state index in [1.807, 2.05) is 12.1 Å². The number of aromatic nitrogens is 1. The number of aromatic carboxylic acids is 1. The third-order valence-electron chi connectivity index (χ3n) is 3.24. The number of nitrogens with one attached hydrogen (secondary N) is 1. The summed E-state index contributed by atoms with van der Waals surface area (Å²) in [5, 5.41) is 8.81. The maximum Gasteiger partial charge on any atom is 0.341 e. The van der Waals surface area contributed by atoms with E-state index < -0.39 is 11.5 Å². The van der Waals surface area contributed by atoms with Gasteiger partial charge in [0.1, 0.15) is 5.56 Å². The lowest BCUT2D eigenvalue weighted by Crippen LogP contribution is -2.18. The van der Waals surface area contributed by atoms with Gasteiger partial charge in [0.05, 0.1) is 0 Å². The van der Waals surface area contributed by atoms with Crippen molar-refractivity contribution in [2.24, 2.45) is 0 Å². The molecule has 4 heteroatoms. The zero-order valence-corrected chi connectivity index (χ0v) is 11.5. The van der Waals surface area contributed by atoms with E-state index in [2.05, 4.69) is 31.0 Å². The second-order valence-electron chi connectivity index (χ2n) is 5.10. The molecule has 0 atom stereocenters. The van der Waals surface area contributed by atoms with Gasteiger partial charge in [0.2, 0.25) is 0 Å². The molecule has 0 saturated heterocycles. The van der Waals surface area contributed by atoms with Crippen LogP contribution in [-0.2, 0) is 6.42 Å². The number of aromatic amines is 1. The van der Waals surface area contributed by atoms with Crippen molar-refractivity contribution >= 4 is 5.97 Å². The molecule has 0 amide bonds. The molecule has 2 rings (SSSR count). The van der Waals surface area contributed by atoms with Crippen molar-refractivity contribution in [2.75, 3.05) is 0 Å². The summed E-state index contributed by atoms with van der Waals surface area (Å²) in [5.41, 5.74) is 2.26. The summed E-state index contributed by atoms with van der Waals surface area (Å²) in [5.74, 6) is -0.724. The first-order valence-corrected chi connectivity index (χ1v) is 6.51. The summed E-state index contributed by atoms with van der Waals surface area (Å²) in [6, 6.07) is 11.2. The highest BCUT2D eigenvalue weighted by atomic mass is 16.4. The van der Waals surface area contributed by atoms with Crippen molar-refractivity contribution in [3.63, 3.8) is 0 Å². The van der Waals surface area contributed by atoms with Crippen LogP contribution in [0.5, 0.6) is 0 Å².